The molecule has 4 heteroatoms. The molecule has 0 spiro atoms. The maximum Gasteiger partial charge on any atom is 0.0953 e. The fourth-order valence-corrected chi connectivity index (χ4v) is 2.61. The summed E-state index contributed by atoms with van der Waals surface area (Å²) in [5.74, 6) is 0. The van der Waals surface area contributed by atoms with Crippen molar-refractivity contribution in [1.82, 2.24) is 4.90 Å². The summed E-state index contributed by atoms with van der Waals surface area (Å²) in [6.45, 7) is 4.72. The first-order chi connectivity index (χ1) is 8.74. The van der Waals surface area contributed by atoms with Gasteiger partial charge in [-0.05, 0) is 24.1 Å². The molecule has 2 unspecified atom stereocenters. The molecule has 1 aromatic rings. The number of ether oxygens (including phenoxy) is 1. The molecule has 18 heavy (non-hydrogen) atoms. The zero-order valence-corrected chi connectivity index (χ0v) is 11.4. The van der Waals surface area contributed by atoms with Gasteiger partial charge in [0.1, 0.15) is 0 Å². The van der Waals surface area contributed by atoms with Gasteiger partial charge in [0.25, 0.3) is 0 Å². The van der Waals surface area contributed by atoms with Crippen LogP contribution in [0.3, 0.4) is 0 Å². The van der Waals surface area contributed by atoms with E-state index >= 15 is 0 Å². The molecule has 1 heterocycles. The normalized spacial score (nSPS) is 22.9. The Balaban J connectivity index is 2.06. The van der Waals surface area contributed by atoms with Gasteiger partial charge < -0.3 is 9.84 Å². The molecule has 0 aromatic heterocycles. The second kappa shape index (κ2) is 6.53. The SMILES string of the molecule is CCC(CO)N1CCOC(c2cccc(Cl)c2)C1. The fourth-order valence-electron chi connectivity index (χ4n) is 2.41. The first kappa shape index (κ1) is 13.8. The minimum absolute atomic E-state index is 0.0537. The number of halogens is 1. The summed E-state index contributed by atoms with van der Waals surface area (Å²) >= 11 is 6.01. The zero-order chi connectivity index (χ0) is 13.0. The van der Waals surface area contributed by atoms with Crippen LogP contribution in [0.1, 0.15) is 25.0 Å². The van der Waals surface area contributed by atoms with Crippen LogP contribution in [0.4, 0.5) is 0 Å². The summed E-state index contributed by atoms with van der Waals surface area (Å²) in [5.41, 5.74) is 1.11. The quantitative estimate of drug-likeness (QED) is 0.912. The van der Waals surface area contributed by atoms with E-state index in [-0.39, 0.29) is 18.8 Å². The maximum absolute atomic E-state index is 9.38. The number of hydrogen-bond acceptors (Lipinski definition) is 3. The van der Waals surface area contributed by atoms with E-state index in [1.54, 1.807) is 0 Å². The Hall–Kier alpha value is -0.610. The predicted molar refractivity (Wildman–Crippen MR) is 72.9 cm³/mol. The van der Waals surface area contributed by atoms with E-state index in [9.17, 15) is 5.11 Å². The molecule has 2 atom stereocenters. The van der Waals surface area contributed by atoms with Crippen LogP contribution in [0.2, 0.25) is 5.02 Å². The summed E-state index contributed by atoms with van der Waals surface area (Å²) < 4.78 is 5.81. The topological polar surface area (TPSA) is 32.7 Å². The molecule has 1 saturated heterocycles. The van der Waals surface area contributed by atoms with E-state index < -0.39 is 0 Å². The lowest BCUT2D eigenvalue weighted by Gasteiger charge is -2.37. The van der Waals surface area contributed by atoms with E-state index in [1.165, 1.54) is 0 Å². The monoisotopic (exact) mass is 269 g/mol. The minimum atomic E-state index is 0.0537. The third-order valence-electron chi connectivity index (χ3n) is 3.52. The van der Waals surface area contributed by atoms with Crippen molar-refractivity contribution in [3.05, 3.63) is 34.9 Å². The molecule has 0 radical (unpaired) electrons. The lowest BCUT2D eigenvalue weighted by Crippen LogP contribution is -2.46. The number of aliphatic hydroxyl groups is 1. The number of morpholine rings is 1. The molecule has 0 amide bonds. The Morgan fingerprint density at radius 1 is 1.56 bits per heavy atom. The van der Waals surface area contributed by atoms with Gasteiger partial charge in [-0.25, -0.2) is 0 Å². The van der Waals surface area contributed by atoms with Crippen LogP contribution in [0.5, 0.6) is 0 Å². The number of rotatable bonds is 4. The molecule has 1 aliphatic rings. The molecule has 1 N–H and O–H groups in total. The van der Waals surface area contributed by atoms with Crippen LogP contribution in [0, 0.1) is 0 Å². The van der Waals surface area contributed by atoms with Gasteiger partial charge in [0, 0.05) is 24.2 Å². The minimum Gasteiger partial charge on any atom is -0.395 e. The van der Waals surface area contributed by atoms with Crippen LogP contribution in [-0.2, 0) is 4.74 Å². The van der Waals surface area contributed by atoms with Gasteiger partial charge in [-0.15, -0.1) is 0 Å². The first-order valence-electron chi connectivity index (χ1n) is 6.46. The molecule has 0 saturated carbocycles. The Kier molecular flexibility index (Phi) is 5.01. The molecule has 1 fully saturated rings. The summed E-state index contributed by atoms with van der Waals surface area (Å²) in [5, 5.41) is 10.1. The van der Waals surface area contributed by atoms with Gasteiger partial charge in [-0.2, -0.15) is 0 Å². The van der Waals surface area contributed by atoms with Crippen LogP contribution in [0.25, 0.3) is 0 Å². The van der Waals surface area contributed by atoms with Crippen molar-refractivity contribution in [1.29, 1.82) is 0 Å². The molecular weight excluding hydrogens is 250 g/mol. The van der Waals surface area contributed by atoms with E-state index in [0.717, 1.165) is 30.1 Å². The van der Waals surface area contributed by atoms with Gasteiger partial charge >= 0.3 is 0 Å². The third-order valence-corrected chi connectivity index (χ3v) is 3.75. The molecule has 0 bridgehead atoms. The highest BCUT2D eigenvalue weighted by Crippen LogP contribution is 2.25. The van der Waals surface area contributed by atoms with E-state index in [1.807, 2.05) is 24.3 Å². The highest BCUT2D eigenvalue weighted by Gasteiger charge is 2.26. The lowest BCUT2D eigenvalue weighted by atomic mass is 10.1. The van der Waals surface area contributed by atoms with Crippen molar-refractivity contribution in [2.75, 3.05) is 26.3 Å². The number of aliphatic hydroxyl groups excluding tert-OH is 1. The van der Waals surface area contributed by atoms with Crippen LogP contribution in [-0.4, -0.2) is 42.4 Å². The average molecular weight is 270 g/mol. The summed E-state index contributed by atoms with van der Waals surface area (Å²) in [6.07, 6.45) is 1.01. The molecule has 100 valence electrons. The van der Waals surface area contributed by atoms with Crippen LogP contribution in [0.15, 0.2) is 24.3 Å². The summed E-state index contributed by atoms with van der Waals surface area (Å²) in [7, 11) is 0. The van der Waals surface area contributed by atoms with Crippen molar-refractivity contribution in [3.8, 4) is 0 Å². The molecule has 3 nitrogen and oxygen atoms in total. The largest absolute Gasteiger partial charge is 0.395 e. The van der Waals surface area contributed by atoms with E-state index in [4.69, 9.17) is 16.3 Å². The Bertz CT molecular complexity index is 382. The van der Waals surface area contributed by atoms with E-state index in [0.29, 0.717) is 6.61 Å². The van der Waals surface area contributed by atoms with Gasteiger partial charge in [-0.1, -0.05) is 30.7 Å². The molecule has 1 aromatic carbocycles. The molecule has 1 aliphatic heterocycles. The average Bonchev–Trinajstić information content (AvgIpc) is 2.41. The van der Waals surface area contributed by atoms with Crippen molar-refractivity contribution >= 4 is 11.6 Å². The van der Waals surface area contributed by atoms with Gasteiger partial charge in [0.2, 0.25) is 0 Å². The van der Waals surface area contributed by atoms with Gasteiger partial charge in [0.05, 0.1) is 19.3 Å². The van der Waals surface area contributed by atoms with Crippen molar-refractivity contribution < 1.29 is 9.84 Å². The fraction of sp³-hybridized carbons (Fsp3) is 0.571. The molecule has 2 rings (SSSR count). The van der Waals surface area contributed by atoms with Gasteiger partial charge in [-0.3, -0.25) is 4.90 Å². The highest BCUT2D eigenvalue weighted by molar-refractivity contribution is 6.30. The van der Waals surface area contributed by atoms with Crippen LogP contribution >= 0.6 is 11.6 Å². The first-order valence-corrected chi connectivity index (χ1v) is 6.84. The smallest absolute Gasteiger partial charge is 0.0953 e. The van der Waals surface area contributed by atoms with Crippen LogP contribution < -0.4 is 0 Å². The standard InChI is InChI=1S/C14H20ClNO2/c1-2-13(10-17)16-6-7-18-14(9-16)11-4-3-5-12(15)8-11/h3-5,8,13-14,17H,2,6-7,9-10H2,1H3. The van der Waals surface area contributed by atoms with Gasteiger partial charge in [0.15, 0.2) is 0 Å². The van der Waals surface area contributed by atoms with Crippen molar-refractivity contribution in [2.24, 2.45) is 0 Å². The number of nitrogens with zero attached hydrogens (tertiary/aromatic N) is 1. The molecule has 0 aliphatic carbocycles. The Labute approximate surface area is 113 Å². The van der Waals surface area contributed by atoms with Crippen molar-refractivity contribution in [2.45, 2.75) is 25.5 Å². The summed E-state index contributed by atoms with van der Waals surface area (Å²) in [4.78, 5) is 2.30. The Morgan fingerprint density at radius 3 is 3.06 bits per heavy atom. The van der Waals surface area contributed by atoms with Crippen molar-refractivity contribution in [3.63, 3.8) is 0 Å². The number of benzene rings is 1. The maximum atomic E-state index is 9.38. The number of hydrogen-bond donors (Lipinski definition) is 1. The second-order valence-corrected chi connectivity index (χ2v) is 5.09. The zero-order valence-electron chi connectivity index (χ0n) is 10.7. The Morgan fingerprint density at radius 2 is 2.39 bits per heavy atom. The molecular formula is C14H20ClNO2. The summed E-state index contributed by atoms with van der Waals surface area (Å²) in [6, 6.07) is 8.04. The lowest BCUT2D eigenvalue weighted by molar-refractivity contribution is -0.0528. The highest BCUT2D eigenvalue weighted by atomic mass is 35.5. The second-order valence-electron chi connectivity index (χ2n) is 4.65. The van der Waals surface area contributed by atoms with E-state index in [2.05, 4.69) is 11.8 Å². The third kappa shape index (κ3) is 3.23. The predicted octanol–water partition coefficient (Wildman–Crippen LogP) is 2.48.